The minimum absolute atomic E-state index is 0.0697. The van der Waals surface area contributed by atoms with E-state index in [2.05, 4.69) is 4.98 Å². The third-order valence-corrected chi connectivity index (χ3v) is 6.16. The second kappa shape index (κ2) is 6.87. The first-order valence-electron chi connectivity index (χ1n) is 8.66. The number of aryl methyl sites for hydroxylation is 1. The van der Waals surface area contributed by atoms with Crippen molar-refractivity contribution in [2.45, 2.75) is 33.1 Å². The fraction of sp³-hybridized carbons (Fsp3) is 0.474. The highest BCUT2D eigenvalue weighted by molar-refractivity contribution is 7.90. The number of carbonyl (C=O) groups excluding carboxylic acids is 1. The van der Waals surface area contributed by atoms with E-state index in [1.165, 1.54) is 6.26 Å². The topological polar surface area (TPSA) is 78.3 Å². The van der Waals surface area contributed by atoms with Crippen LogP contribution in [0.4, 0.5) is 0 Å². The van der Waals surface area contributed by atoms with Gasteiger partial charge in [0.05, 0.1) is 17.9 Å². The van der Waals surface area contributed by atoms with Gasteiger partial charge in [-0.1, -0.05) is 12.5 Å². The van der Waals surface area contributed by atoms with E-state index in [9.17, 15) is 13.2 Å². The second-order valence-electron chi connectivity index (χ2n) is 7.31. The molecule has 0 spiro atoms. The Hall–Kier alpha value is -2.15. The van der Waals surface area contributed by atoms with Gasteiger partial charge in [-0.3, -0.25) is 0 Å². The molecule has 0 bridgehead atoms. The van der Waals surface area contributed by atoms with Gasteiger partial charge in [0, 0.05) is 29.3 Å². The van der Waals surface area contributed by atoms with E-state index >= 15 is 0 Å². The Kier molecular flexibility index (Phi) is 4.92. The van der Waals surface area contributed by atoms with Crippen molar-refractivity contribution in [3.8, 4) is 5.82 Å². The molecule has 26 heavy (non-hydrogen) atoms. The molecule has 6 nitrogen and oxygen atoms in total. The summed E-state index contributed by atoms with van der Waals surface area (Å²) in [7, 11) is -3.11. The molecule has 7 heteroatoms. The molecule has 1 saturated carbocycles. The van der Waals surface area contributed by atoms with Gasteiger partial charge in [-0.05, 0) is 44.9 Å². The van der Waals surface area contributed by atoms with Crippen LogP contribution in [0.1, 0.15) is 41.0 Å². The summed E-state index contributed by atoms with van der Waals surface area (Å²) in [5.41, 5.74) is 1.72. The second-order valence-corrected chi connectivity index (χ2v) is 9.45. The van der Waals surface area contributed by atoms with E-state index in [0.29, 0.717) is 5.56 Å². The molecule has 2 aromatic rings. The first-order chi connectivity index (χ1) is 12.2. The summed E-state index contributed by atoms with van der Waals surface area (Å²) in [6, 6.07) is 7.40. The van der Waals surface area contributed by atoms with E-state index in [1.807, 2.05) is 36.6 Å². The van der Waals surface area contributed by atoms with Gasteiger partial charge in [-0.25, -0.2) is 18.2 Å². The molecule has 3 rings (SSSR count). The van der Waals surface area contributed by atoms with Crippen molar-refractivity contribution in [2.75, 3.05) is 18.6 Å². The lowest BCUT2D eigenvalue weighted by molar-refractivity contribution is 0.0114. The minimum atomic E-state index is -3.11. The molecule has 0 amide bonds. The van der Waals surface area contributed by atoms with Crippen LogP contribution in [0.2, 0.25) is 0 Å². The molecule has 0 saturated heterocycles. The van der Waals surface area contributed by atoms with Gasteiger partial charge in [0.1, 0.15) is 15.7 Å². The molecule has 0 radical (unpaired) electrons. The van der Waals surface area contributed by atoms with Gasteiger partial charge in [0.25, 0.3) is 0 Å². The van der Waals surface area contributed by atoms with Crippen molar-refractivity contribution in [1.29, 1.82) is 0 Å². The van der Waals surface area contributed by atoms with E-state index in [4.69, 9.17) is 4.74 Å². The molecule has 1 fully saturated rings. The maximum absolute atomic E-state index is 12.6. The highest BCUT2D eigenvalue weighted by Gasteiger charge is 2.41. The van der Waals surface area contributed by atoms with Crippen LogP contribution >= 0.6 is 0 Å². The van der Waals surface area contributed by atoms with Gasteiger partial charge >= 0.3 is 5.97 Å². The molecule has 0 unspecified atom stereocenters. The molecular weight excluding hydrogens is 352 g/mol. The van der Waals surface area contributed by atoms with Gasteiger partial charge in [0.2, 0.25) is 0 Å². The van der Waals surface area contributed by atoms with E-state index in [0.717, 1.165) is 36.5 Å². The Bertz CT molecular complexity index is 913. The molecule has 0 N–H and O–H groups in total. The largest absolute Gasteiger partial charge is 0.461 e. The first-order valence-corrected chi connectivity index (χ1v) is 10.7. The lowest BCUT2D eigenvalue weighted by Gasteiger charge is -2.40. The average Bonchev–Trinajstić information content (AvgIpc) is 2.84. The number of rotatable bonds is 6. The summed E-state index contributed by atoms with van der Waals surface area (Å²) in [6.07, 6.45) is 5.47. The van der Waals surface area contributed by atoms with Gasteiger partial charge in [-0.15, -0.1) is 0 Å². The molecule has 1 aliphatic rings. The zero-order valence-corrected chi connectivity index (χ0v) is 16.2. The van der Waals surface area contributed by atoms with Crippen molar-refractivity contribution in [3.63, 3.8) is 0 Å². The maximum Gasteiger partial charge on any atom is 0.339 e. The van der Waals surface area contributed by atoms with Crippen LogP contribution in [0.5, 0.6) is 0 Å². The number of carbonyl (C=O) groups is 1. The summed E-state index contributed by atoms with van der Waals surface area (Å²) in [6.45, 7) is 3.91. The first kappa shape index (κ1) is 18.6. The Labute approximate surface area is 154 Å². The van der Waals surface area contributed by atoms with Crippen molar-refractivity contribution < 1.29 is 17.9 Å². The standard InChI is InChI=1S/C19H24N2O4S/c1-14-11-16(15(2)21(14)17-7-4-5-10-20-17)18(22)25-12-19(8-6-9-19)13-26(3,23)24/h4-5,7,10-11H,6,8-9,12-13H2,1-3H3. The van der Waals surface area contributed by atoms with Gasteiger partial charge < -0.3 is 9.30 Å². The third-order valence-electron chi connectivity index (χ3n) is 5.02. The number of sulfone groups is 1. The van der Waals surface area contributed by atoms with E-state index in [1.54, 1.807) is 12.3 Å². The predicted molar refractivity (Wildman–Crippen MR) is 99.3 cm³/mol. The van der Waals surface area contributed by atoms with E-state index < -0.39 is 21.2 Å². The molecular formula is C19H24N2O4S. The molecule has 0 aliphatic heterocycles. The number of aromatic nitrogens is 2. The zero-order chi connectivity index (χ0) is 18.9. The van der Waals surface area contributed by atoms with Crippen LogP contribution in [0.15, 0.2) is 30.5 Å². The summed E-state index contributed by atoms with van der Waals surface area (Å²) < 4.78 is 30.8. The summed E-state index contributed by atoms with van der Waals surface area (Å²) in [4.78, 5) is 16.9. The van der Waals surface area contributed by atoms with Crippen LogP contribution in [-0.4, -0.2) is 42.6 Å². The minimum Gasteiger partial charge on any atom is -0.461 e. The van der Waals surface area contributed by atoms with Gasteiger partial charge in [-0.2, -0.15) is 0 Å². The smallest absolute Gasteiger partial charge is 0.339 e. The number of hydrogen-bond donors (Lipinski definition) is 0. The fourth-order valence-corrected chi connectivity index (χ4v) is 5.15. The lowest BCUT2D eigenvalue weighted by Crippen LogP contribution is -2.41. The number of esters is 1. The Morgan fingerprint density at radius 3 is 2.58 bits per heavy atom. The van der Waals surface area contributed by atoms with Crippen LogP contribution < -0.4 is 0 Å². The van der Waals surface area contributed by atoms with Crippen LogP contribution in [0, 0.1) is 19.3 Å². The number of hydrogen-bond acceptors (Lipinski definition) is 5. The normalized spacial score (nSPS) is 16.1. The average molecular weight is 376 g/mol. The number of nitrogens with zero attached hydrogens (tertiary/aromatic N) is 2. The van der Waals surface area contributed by atoms with Crippen molar-refractivity contribution >= 4 is 15.8 Å². The molecule has 2 heterocycles. The third kappa shape index (κ3) is 3.82. The summed E-state index contributed by atoms with van der Waals surface area (Å²) in [5, 5.41) is 0. The fourth-order valence-electron chi connectivity index (χ4n) is 3.67. The van der Waals surface area contributed by atoms with Crippen LogP contribution in [-0.2, 0) is 14.6 Å². The predicted octanol–water partition coefficient (Wildman–Crippen LogP) is 2.86. The van der Waals surface area contributed by atoms with Crippen molar-refractivity contribution in [2.24, 2.45) is 5.41 Å². The molecule has 2 aromatic heterocycles. The van der Waals surface area contributed by atoms with Crippen LogP contribution in [0.25, 0.3) is 5.82 Å². The molecule has 0 aromatic carbocycles. The highest BCUT2D eigenvalue weighted by Crippen LogP contribution is 2.42. The SMILES string of the molecule is Cc1cc(C(=O)OCC2(CS(C)(=O)=O)CCC2)c(C)n1-c1ccccn1. The van der Waals surface area contributed by atoms with Crippen LogP contribution in [0.3, 0.4) is 0 Å². The van der Waals surface area contributed by atoms with Crippen molar-refractivity contribution in [1.82, 2.24) is 9.55 Å². The van der Waals surface area contributed by atoms with Crippen molar-refractivity contribution in [3.05, 3.63) is 47.4 Å². The summed E-state index contributed by atoms with van der Waals surface area (Å²) in [5.74, 6) is 0.398. The Morgan fingerprint density at radius 2 is 2.04 bits per heavy atom. The monoisotopic (exact) mass is 376 g/mol. The van der Waals surface area contributed by atoms with E-state index in [-0.39, 0.29) is 12.4 Å². The zero-order valence-electron chi connectivity index (χ0n) is 15.4. The Balaban J connectivity index is 1.77. The maximum atomic E-state index is 12.6. The molecule has 1 aliphatic carbocycles. The van der Waals surface area contributed by atoms with Gasteiger partial charge in [0.15, 0.2) is 0 Å². The quantitative estimate of drug-likeness (QED) is 0.725. The molecule has 140 valence electrons. The number of pyridine rings is 1. The number of ether oxygens (including phenoxy) is 1. The lowest BCUT2D eigenvalue weighted by atomic mass is 9.71. The highest BCUT2D eigenvalue weighted by atomic mass is 32.2. The summed E-state index contributed by atoms with van der Waals surface area (Å²) >= 11 is 0. The molecule has 0 atom stereocenters. The Morgan fingerprint density at radius 1 is 1.31 bits per heavy atom.